The summed E-state index contributed by atoms with van der Waals surface area (Å²) in [6, 6.07) is 15.3. The average molecular weight is 338 g/mol. The predicted molar refractivity (Wildman–Crippen MR) is 92.1 cm³/mol. The smallest absolute Gasteiger partial charge is 0.257 e. The average Bonchev–Trinajstić information content (AvgIpc) is 3.26. The second-order valence-electron chi connectivity index (χ2n) is 5.11. The van der Waals surface area contributed by atoms with Crippen molar-refractivity contribution in [1.29, 1.82) is 0 Å². The van der Waals surface area contributed by atoms with Crippen LogP contribution in [-0.2, 0) is 5.75 Å². The van der Waals surface area contributed by atoms with Crippen LogP contribution in [0.5, 0.6) is 5.75 Å². The molecule has 0 saturated heterocycles. The summed E-state index contributed by atoms with van der Waals surface area (Å²) < 4.78 is 16.4. The lowest BCUT2D eigenvalue weighted by Gasteiger charge is -1.99. The first kappa shape index (κ1) is 14.8. The van der Waals surface area contributed by atoms with Crippen molar-refractivity contribution >= 4 is 22.9 Å². The predicted octanol–water partition coefficient (Wildman–Crippen LogP) is 4.78. The zero-order chi connectivity index (χ0) is 16.4. The summed E-state index contributed by atoms with van der Waals surface area (Å²) in [5, 5.41) is 0.630. The van der Waals surface area contributed by atoms with Gasteiger partial charge in [0.2, 0.25) is 5.89 Å². The van der Waals surface area contributed by atoms with Crippen LogP contribution in [0.2, 0.25) is 0 Å². The van der Waals surface area contributed by atoms with Crippen molar-refractivity contribution in [2.45, 2.75) is 11.0 Å². The number of hydrogen-bond acceptors (Lipinski definition) is 6. The Hall–Kier alpha value is -2.73. The zero-order valence-corrected chi connectivity index (χ0v) is 13.7. The van der Waals surface area contributed by atoms with Crippen LogP contribution < -0.4 is 4.74 Å². The van der Waals surface area contributed by atoms with Gasteiger partial charge in [-0.15, -0.1) is 0 Å². The van der Waals surface area contributed by atoms with Crippen LogP contribution in [-0.4, -0.2) is 17.1 Å². The molecular weight excluding hydrogens is 324 g/mol. The van der Waals surface area contributed by atoms with E-state index in [1.54, 1.807) is 13.4 Å². The Labute approximate surface area is 142 Å². The summed E-state index contributed by atoms with van der Waals surface area (Å²) in [7, 11) is 1.64. The number of aromatic nitrogens is 2. The molecule has 0 aliphatic carbocycles. The van der Waals surface area contributed by atoms with Crippen LogP contribution in [0.3, 0.4) is 0 Å². The minimum atomic E-state index is 0.589. The molecule has 0 saturated carbocycles. The number of para-hydroxylation sites is 2. The van der Waals surface area contributed by atoms with E-state index in [2.05, 4.69) is 9.97 Å². The van der Waals surface area contributed by atoms with Gasteiger partial charge >= 0.3 is 0 Å². The van der Waals surface area contributed by atoms with E-state index in [9.17, 15) is 0 Å². The number of oxazole rings is 2. The maximum absolute atomic E-state index is 5.69. The van der Waals surface area contributed by atoms with Gasteiger partial charge in [-0.25, -0.2) is 9.97 Å². The Kier molecular flexibility index (Phi) is 3.96. The molecule has 0 aliphatic heterocycles. The largest absolute Gasteiger partial charge is 0.497 e. The number of thioether (sulfide) groups is 1. The molecule has 24 heavy (non-hydrogen) atoms. The van der Waals surface area contributed by atoms with E-state index < -0.39 is 0 Å². The van der Waals surface area contributed by atoms with Gasteiger partial charge in [0.05, 0.1) is 12.8 Å². The molecule has 120 valence electrons. The highest BCUT2D eigenvalue weighted by atomic mass is 32.2. The molecule has 0 N–H and O–H groups in total. The van der Waals surface area contributed by atoms with Crippen molar-refractivity contribution in [3.63, 3.8) is 0 Å². The molecule has 0 spiro atoms. The monoisotopic (exact) mass is 338 g/mol. The standard InChI is InChI=1S/C18H14N2O3S/c1-21-14-8-6-12(7-9-14)17-19-13(10-22-17)11-24-18-20-15-4-2-3-5-16(15)23-18/h2-10H,11H2,1H3. The first-order chi connectivity index (χ1) is 11.8. The fraction of sp³-hybridized carbons (Fsp3) is 0.111. The van der Waals surface area contributed by atoms with E-state index in [0.29, 0.717) is 16.9 Å². The topological polar surface area (TPSA) is 61.3 Å². The van der Waals surface area contributed by atoms with Crippen molar-refractivity contribution in [2.75, 3.05) is 7.11 Å². The first-order valence-corrected chi connectivity index (χ1v) is 8.37. The lowest BCUT2D eigenvalue weighted by Crippen LogP contribution is -1.84. The summed E-state index contributed by atoms with van der Waals surface area (Å²) in [5.41, 5.74) is 3.40. The number of rotatable bonds is 5. The van der Waals surface area contributed by atoms with E-state index >= 15 is 0 Å². The maximum Gasteiger partial charge on any atom is 0.257 e. The number of ether oxygens (including phenoxy) is 1. The lowest BCUT2D eigenvalue weighted by atomic mass is 10.2. The van der Waals surface area contributed by atoms with Crippen molar-refractivity contribution in [3.8, 4) is 17.2 Å². The second kappa shape index (κ2) is 6.41. The molecule has 4 rings (SSSR count). The third-order valence-electron chi connectivity index (χ3n) is 3.51. The molecular formula is C18H14N2O3S. The molecule has 0 aliphatic rings. The van der Waals surface area contributed by atoms with Crippen molar-refractivity contribution in [2.24, 2.45) is 0 Å². The van der Waals surface area contributed by atoms with Crippen LogP contribution in [0.4, 0.5) is 0 Å². The minimum absolute atomic E-state index is 0.589. The molecule has 2 heterocycles. The summed E-state index contributed by atoms with van der Waals surface area (Å²) in [5.74, 6) is 2.02. The van der Waals surface area contributed by atoms with E-state index in [1.165, 1.54) is 11.8 Å². The second-order valence-corrected chi connectivity index (χ2v) is 6.04. The van der Waals surface area contributed by atoms with Crippen molar-refractivity contribution in [3.05, 3.63) is 60.5 Å². The molecule has 0 radical (unpaired) electrons. The highest BCUT2D eigenvalue weighted by molar-refractivity contribution is 7.98. The minimum Gasteiger partial charge on any atom is -0.497 e. The van der Waals surface area contributed by atoms with Gasteiger partial charge < -0.3 is 13.6 Å². The van der Waals surface area contributed by atoms with Gasteiger partial charge in [-0.2, -0.15) is 0 Å². The third kappa shape index (κ3) is 3.00. The van der Waals surface area contributed by atoms with Gasteiger partial charge in [0.15, 0.2) is 5.58 Å². The Bertz CT molecular complexity index is 927. The van der Waals surface area contributed by atoms with Gasteiger partial charge in [0.1, 0.15) is 17.5 Å². The van der Waals surface area contributed by atoms with Crippen LogP contribution >= 0.6 is 11.8 Å². The van der Waals surface area contributed by atoms with E-state index in [0.717, 1.165) is 28.1 Å². The molecule has 0 unspecified atom stereocenters. The van der Waals surface area contributed by atoms with Gasteiger partial charge in [-0.1, -0.05) is 23.9 Å². The summed E-state index contributed by atoms with van der Waals surface area (Å²) in [6.07, 6.45) is 1.66. The quantitative estimate of drug-likeness (QED) is 0.488. The molecule has 0 atom stereocenters. The van der Waals surface area contributed by atoms with Crippen molar-refractivity contribution in [1.82, 2.24) is 9.97 Å². The van der Waals surface area contributed by atoms with E-state index in [1.807, 2.05) is 48.5 Å². The van der Waals surface area contributed by atoms with E-state index in [4.69, 9.17) is 13.6 Å². The summed E-state index contributed by atoms with van der Waals surface area (Å²) >= 11 is 1.49. The zero-order valence-electron chi connectivity index (χ0n) is 12.9. The fourth-order valence-electron chi connectivity index (χ4n) is 2.29. The number of nitrogens with zero attached hydrogens (tertiary/aromatic N) is 2. The van der Waals surface area contributed by atoms with E-state index in [-0.39, 0.29) is 0 Å². The van der Waals surface area contributed by atoms with Crippen LogP contribution in [0, 0.1) is 0 Å². The Balaban J connectivity index is 1.46. The van der Waals surface area contributed by atoms with Gasteiger partial charge in [0.25, 0.3) is 5.22 Å². The number of fused-ring (bicyclic) bond motifs is 1. The molecule has 0 amide bonds. The molecule has 5 nitrogen and oxygen atoms in total. The summed E-state index contributed by atoms with van der Waals surface area (Å²) in [6.45, 7) is 0. The fourth-order valence-corrected chi connectivity index (χ4v) is 3.00. The first-order valence-electron chi connectivity index (χ1n) is 7.39. The highest BCUT2D eigenvalue weighted by Crippen LogP contribution is 2.27. The third-order valence-corrected chi connectivity index (χ3v) is 4.37. The Morgan fingerprint density at radius 2 is 1.88 bits per heavy atom. The summed E-state index contributed by atoms with van der Waals surface area (Å²) in [4.78, 5) is 8.94. The molecule has 2 aromatic heterocycles. The highest BCUT2D eigenvalue weighted by Gasteiger charge is 2.10. The van der Waals surface area contributed by atoms with Gasteiger partial charge in [-0.05, 0) is 36.4 Å². The number of benzene rings is 2. The number of hydrogen-bond donors (Lipinski definition) is 0. The van der Waals surface area contributed by atoms with Gasteiger partial charge in [0, 0.05) is 11.3 Å². The SMILES string of the molecule is COc1ccc(-c2nc(CSc3nc4ccccc4o3)co2)cc1. The Morgan fingerprint density at radius 1 is 1.04 bits per heavy atom. The molecule has 6 heteroatoms. The van der Waals surface area contributed by atoms with Crippen LogP contribution in [0.25, 0.3) is 22.6 Å². The Morgan fingerprint density at radius 3 is 2.67 bits per heavy atom. The van der Waals surface area contributed by atoms with Crippen LogP contribution in [0.1, 0.15) is 5.69 Å². The molecule has 0 bridgehead atoms. The van der Waals surface area contributed by atoms with Gasteiger partial charge in [-0.3, -0.25) is 0 Å². The molecule has 2 aromatic carbocycles. The number of methoxy groups -OCH3 is 1. The lowest BCUT2D eigenvalue weighted by molar-refractivity contribution is 0.415. The van der Waals surface area contributed by atoms with Crippen molar-refractivity contribution < 1.29 is 13.6 Å². The molecule has 4 aromatic rings. The normalized spacial score (nSPS) is 11.0. The molecule has 0 fully saturated rings. The maximum atomic E-state index is 5.69. The van der Waals surface area contributed by atoms with Crippen LogP contribution in [0.15, 0.2) is 68.9 Å².